The van der Waals surface area contributed by atoms with Crippen LogP contribution >= 0.6 is 11.6 Å². The second-order valence-corrected chi connectivity index (χ2v) is 4.09. The number of carbonyl (C=O) groups is 1. The van der Waals surface area contributed by atoms with Crippen LogP contribution in [0.3, 0.4) is 0 Å². The van der Waals surface area contributed by atoms with E-state index in [1.54, 1.807) is 0 Å². The Morgan fingerprint density at radius 2 is 1.94 bits per heavy atom. The number of benzene rings is 1. The molecule has 1 aromatic carbocycles. The first-order chi connectivity index (χ1) is 8.70. The number of nitrogens with one attached hydrogen (secondary N) is 1. The van der Waals surface area contributed by atoms with E-state index in [0.29, 0.717) is 6.54 Å². The first-order valence-corrected chi connectivity index (χ1v) is 5.79. The molecule has 4 nitrogen and oxygen atoms in total. The maximum atomic E-state index is 11.7. The molecule has 2 rings (SSSR count). The van der Waals surface area contributed by atoms with Crippen LogP contribution < -0.4 is 5.32 Å². The molecular formula is C13H12ClNO3. The van der Waals surface area contributed by atoms with Gasteiger partial charge in [0.05, 0.1) is 6.61 Å². The summed E-state index contributed by atoms with van der Waals surface area (Å²) in [4.78, 5) is 11.7. The molecule has 0 bridgehead atoms. The van der Waals surface area contributed by atoms with Gasteiger partial charge >= 0.3 is 0 Å². The van der Waals surface area contributed by atoms with Gasteiger partial charge in [0.15, 0.2) is 11.0 Å². The summed E-state index contributed by atoms with van der Waals surface area (Å²) in [7, 11) is 0. The van der Waals surface area contributed by atoms with Crippen LogP contribution in [0.1, 0.15) is 21.7 Å². The van der Waals surface area contributed by atoms with Crippen LogP contribution in [0.2, 0.25) is 5.22 Å². The lowest BCUT2D eigenvalue weighted by molar-refractivity contribution is 0.0923. The van der Waals surface area contributed by atoms with E-state index in [1.165, 1.54) is 12.1 Å². The molecule has 0 saturated carbocycles. The monoisotopic (exact) mass is 265 g/mol. The zero-order chi connectivity index (χ0) is 13.0. The summed E-state index contributed by atoms with van der Waals surface area (Å²) in [5.74, 6) is -0.170. The Morgan fingerprint density at radius 1 is 1.22 bits per heavy atom. The minimum atomic E-state index is -0.338. The highest BCUT2D eigenvalue weighted by Crippen LogP contribution is 2.13. The SMILES string of the molecule is O=C(NCc1ccccc1CO)c1ccc(Cl)o1. The fourth-order valence-electron chi connectivity index (χ4n) is 1.58. The second kappa shape index (κ2) is 5.71. The quantitative estimate of drug-likeness (QED) is 0.892. The van der Waals surface area contributed by atoms with E-state index in [-0.39, 0.29) is 23.5 Å². The van der Waals surface area contributed by atoms with Gasteiger partial charge in [0.1, 0.15) is 0 Å². The lowest BCUT2D eigenvalue weighted by Gasteiger charge is -2.07. The molecule has 1 amide bonds. The summed E-state index contributed by atoms with van der Waals surface area (Å²) >= 11 is 5.59. The van der Waals surface area contributed by atoms with Crippen molar-refractivity contribution in [3.63, 3.8) is 0 Å². The molecule has 5 heteroatoms. The summed E-state index contributed by atoms with van der Waals surface area (Å²) < 4.78 is 4.99. The maximum absolute atomic E-state index is 11.7. The zero-order valence-corrected chi connectivity index (χ0v) is 10.3. The number of rotatable bonds is 4. The van der Waals surface area contributed by atoms with Gasteiger partial charge in [0, 0.05) is 6.54 Å². The average molecular weight is 266 g/mol. The average Bonchev–Trinajstić information content (AvgIpc) is 2.83. The van der Waals surface area contributed by atoms with Gasteiger partial charge in [-0.25, -0.2) is 0 Å². The van der Waals surface area contributed by atoms with Gasteiger partial charge in [0.2, 0.25) is 0 Å². The van der Waals surface area contributed by atoms with Crippen molar-refractivity contribution in [2.24, 2.45) is 0 Å². The minimum absolute atomic E-state index is 0.0569. The first-order valence-electron chi connectivity index (χ1n) is 5.42. The lowest BCUT2D eigenvalue weighted by atomic mass is 10.1. The van der Waals surface area contributed by atoms with Gasteiger partial charge in [0.25, 0.3) is 5.91 Å². The van der Waals surface area contributed by atoms with Crippen LogP contribution in [0, 0.1) is 0 Å². The van der Waals surface area contributed by atoms with E-state index in [1.807, 2.05) is 24.3 Å². The standard InChI is InChI=1S/C13H12ClNO3/c14-12-6-5-11(18-12)13(17)15-7-9-3-1-2-4-10(9)8-16/h1-6,16H,7-8H2,(H,15,17). The molecule has 1 heterocycles. The van der Waals surface area contributed by atoms with Crippen molar-refractivity contribution in [1.82, 2.24) is 5.32 Å². The third-order valence-electron chi connectivity index (χ3n) is 2.53. The molecule has 0 radical (unpaired) electrons. The van der Waals surface area contributed by atoms with E-state index in [9.17, 15) is 4.79 Å². The second-order valence-electron chi connectivity index (χ2n) is 3.71. The molecule has 0 atom stereocenters. The van der Waals surface area contributed by atoms with E-state index < -0.39 is 0 Å². The number of amides is 1. The first kappa shape index (κ1) is 12.7. The van der Waals surface area contributed by atoms with E-state index in [2.05, 4.69) is 5.32 Å². The Kier molecular flexibility index (Phi) is 4.02. The third-order valence-corrected chi connectivity index (χ3v) is 2.73. The number of hydrogen-bond donors (Lipinski definition) is 2. The summed E-state index contributed by atoms with van der Waals surface area (Å²) in [6, 6.07) is 10.4. The largest absolute Gasteiger partial charge is 0.440 e. The van der Waals surface area contributed by atoms with Crippen LogP contribution in [-0.2, 0) is 13.2 Å². The summed E-state index contributed by atoms with van der Waals surface area (Å²) in [5, 5.41) is 12.0. The molecule has 0 aliphatic rings. The highest BCUT2D eigenvalue weighted by molar-refractivity contribution is 6.29. The molecule has 2 N–H and O–H groups in total. The third kappa shape index (κ3) is 2.91. The van der Waals surface area contributed by atoms with Crippen molar-refractivity contribution < 1.29 is 14.3 Å². The summed E-state index contributed by atoms with van der Waals surface area (Å²) in [6.45, 7) is 0.270. The summed E-state index contributed by atoms with van der Waals surface area (Å²) in [5.41, 5.74) is 1.65. The van der Waals surface area contributed by atoms with E-state index in [0.717, 1.165) is 11.1 Å². The van der Waals surface area contributed by atoms with E-state index >= 15 is 0 Å². The fourth-order valence-corrected chi connectivity index (χ4v) is 1.73. The van der Waals surface area contributed by atoms with Gasteiger partial charge in [-0.2, -0.15) is 0 Å². The predicted molar refractivity (Wildman–Crippen MR) is 67.3 cm³/mol. The molecule has 0 saturated heterocycles. The van der Waals surface area contributed by atoms with Crippen molar-refractivity contribution in [1.29, 1.82) is 0 Å². The van der Waals surface area contributed by atoms with Gasteiger partial charge in [-0.3, -0.25) is 4.79 Å². The van der Waals surface area contributed by atoms with Crippen LogP contribution in [0.4, 0.5) is 0 Å². The highest BCUT2D eigenvalue weighted by atomic mass is 35.5. The fraction of sp³-hybridized carbons (Fsp3) is 0.154. The van der Waals surface area contributed by atoms with Crippen molar-refractivity contribution in [2.75, 3.05) is 0 Å². The minimum Gasteiger partial charge on any atom is -0.440 e. The Balaban J connectivity index is 2.01. The zero-order valence-electron chi connectivity index (χ0n) is 9.52. The van der Waals surface area contributed by atoms with Crippen molar-refractivity contribution in [3.8, 4) is 0 Å². The number of carbonyl (C=O) groups excluding carboxylic acids is 1. The Hall–Kier alpha value is -1.78. The number of halogens is 1. The molecule has 0 spiro atoms. The summed E-state index contributed by atoms with van der Waals surface area (Å²) in [6.07, 6.45) is 0. The lowest BCUT2D eigenvalue weighted by Crippen LogP contribution is -2.22. The normalized spacial score (nSPS) is 10.3. The van der Waals surface area contributed by atoms with Crippen LogP contribution in [0.25, 0.3) is 0 Å². The Bertz CT molecular complexity index is 551. The van der Waals surface area contributed by atoms with Crippen LogP contribution in [-0.4, -0.2) is 11.0 Å². The maximum Gasteiger partial charge on any atom is 0.287 e. The van der Waals surface area contributed by atoms with Crippen molar-refractivity contribution in [3.05, 3.63) is 58.5 Å². The Labute approximate surface area is 109 Å². The highest BCUT2D eigenvalue weighted by Gasteiger charge is 2.10. The number of aliphatic hydroxyl groups is 1. The van der Waals surface area contributed by atoms with Crippen molar-refractivity contribution in [2.45, 2.75) is 13.2 Å². The molecule has 1 aromatic heterocycles. The molecule has 0 fully saturated rings. The van der Waals surface area contributed by atoms with Crippen LogP contribution in [0.5, 0.6) is 0 Å². The molecular weight excluding hydrogens is 254 g/mol. The number of aliphatic hydroxyl groups excluding tert-OH is 1. The molecule has 18 heavy (non-hydrogen) atoms. The van der Waals surface area contributed by atoms with Crippen molar-refractivity contribution >= 4 is 17.5 Å². The number of hydrogen-bond acceptors (Lipinski definition) is 3. The molecule has 0 aliphatic carbocycles. The molecule has 94 valence electrons. The molecule has 0 aliphatic heterocycles. The van der Waals surface area contributed by atoms with Gasteiger partial charge in [-0.15, -0.1) is 0 Å². The Morgan fingerprint density at radius 3 is 2.56 bits per heavy atom. The van der Waals surface area contributed by atoms with Gasteiger partial charge in [-0.1, -0.05) is 24.3 Å². The number of furan rings is 1. The topological polar surface area (TPSA) is 62.5 Å². The predicted octanol–water partition coefficient (Wildman–Crippen LogP) is 2.36. The smallest absolute Gasteiger partial charge is 0.287 e. The van der Waals surface area contributed by atoms with Gasteiger partial charge in [-0.05, 0) is 34.9 Å². The van der Waals surface area contributed by atoms with Gasteiger partial charge < -0.3 is 14.8 Å². The molecule has 2 aromatic rings. The van der Waals surface area contributed by atoms with Crippen LogP contribution in [0.15, 0.2) is 40.8 Å². The molecule has 0 unspecified atom stereocenters. The van der Waals surface area contributed by atoms with E-state index in [4.69, 9.17) is 21.1 Å².